The zero-order chi connectivity index (χ0) is 18.8. The summed E-state index contributed by atoms with van der Waals surface area (Å²) in [5.74, 6) is -0.174. The Hall–Kier alpha value is -3.34. The van der Waals surface area contributed by atoms with Gasteiger partial charge in [0.05, 0.1) is 13.0 Å². The molecule has 2 heterocycles. The quantitative estimate of drug-likeness (QED) is 0.701. The SMILES string of the molecule is C=CC(=O)Nc1cccc(CC(=O)N2CCc3c([nH]c4ccccc34)C2)c1. The fourth-order valence-corrected chi connectivity index (χ4v) is 3.64. The molecule has 1 aliphatic heterocycles. The normalized spacial score (nSPS) is 13.3. The fraction of sp³-hybridized carbons (Fsp3) is 0.182. The van der Waals surface area contributed by atoms with E-state index in [1.54, 1.807) is 6.07 Å². The van der Waals surface area contributed by atoms with Gasteiger partial charge in [0, 0.05) is 28.8 Å². The maximum atomic E-state index is 12.8. The van der Waals surface area contributed by atoms with E-state index in [-0.39, 0.29) is 11.8 Å². The van der Waals surface area contributed by atoms with Gasteiger partial charge in [-0.25, -0.2) is 0 Å². The Kier molecular flexibility index (Phi) is 4.50. The first kappa shape index (κ1) is 17.1. The fourth-order valence-electron chi connectivity index (χ4n) is 3.64. The van der Waals surface area contributed by atoms with Crippen LogP contribution >= 0.6 is 0 Å². The number of benzene rings is 2. The summed E-state index contributed by atoms with van der Waals surface area (Å²) in [6.45, 7) is 4.78. The van der Waals surface area contributed by atoms with Crippen LogP contribution in [-0.2, 0) is 29.0 Å². The lowest BCUT2D eigenvalue weighted by Crippen LogP contribution is -2.36. The summed E-state index contributed by atoms with van der Waals surface area (Å²) in [6.07, 6.45) is 2.40. The molecule has 0 saturated carbocycles. The van der Waals surface area contributed by atoms with Crippen LogP contribution in [0.4, 0.5) is 5.69 Å². The number of anilines is 1. The second-order valence-electron chi connectivity index (χ2n) is 6.76. The van der Waals surface area contributed by atoms with Crippen molar-refractivity contribution in [3.8, 4) is 0 Å². The van der Waals surface area contributed by atoms with E-state index in [0.29, 0.717) is 18.7 Å². The predicted octanol–water partition coefficient (Wildman–Crippen LogP) is 3.42. The van der Waals surface area contributed by atoms with Crippen molar-refractivity contribution in [2.45, 2.75) is 19.4 Å². The van der Waals surface area contributed by atoms with E-state index >= 15 is 0 Å². The lowest BCUT2D eigenvalue weighted by atomic mass is 10.0. The van der Waals surface area contributed by atoms with Gasteiger partial charge in [-0.05, 0) is 41.8 Å². The molecule has 2 amide bonds. The molecule has 0 unspecified atom stereocenters. The van der Waals surface area contributed by atoms with E-state index in [9.17, 15) is 9.59 Å². The van der Waals surface area contributed by atoms with E-state index in [2.05, 4.69) is 29.0 Å². The third-order valence-corrected chi connectivity index (χ3v) is 4.97. The van der Waals surface area contributed by atoms with Crippen molar-refractivity contribution in [3.05, 3.63) is 78.0 Å². The first-order chi connectivity index (χ1) is 13.1. The number of hydrogen-bond acceptors (Lipinski definition) is 2. The van der Waals surface area contributed by atoms with E-state index < -0.39 is 0 Å². The third-order valence-electron chi connectivity index (χ3n) is 4.97. The van der Waals surface area contributed by atoms with Crippen molar-refractivity contribution < 1.29 is 9.59 Å². The van der Waals surface area contributed by atoms with E-state index in [1.165, 1.54) is 17.0 Å². The van der Waals surface area contributed by atoms with Crippen LogP contribution in [0.25, 0.3) is 10.9 Å². The summed E-state index contributed by atoms with van der Waals surface area (Å²) in [5, 5.41) is 3.98. The zero-order valence-corrected chi connectivity index (χ0v) is 15.0. The van der Waals surface area contributed by atoms with Gasteiger partial charge in [-0.3, -0.25) is 9.59 Å². The van der Waals surface area contributed by atoms with Crippen molar-refractivity contribution in [2.24, 2.45) is 0 Å². The molecule has 0 saturated heterocycles. The summed E-state index contributed by atoms with van der Waals surface area (Å²) < 4.78 is 0. The highest BCUT2D eigenvalue weighted by molar-refractivity contribution is 5.99. The Labute approximate surface area is 157 Å². The lowest BCUT2D eigenvalue weighted by Gasteiger charge is -2.27. The molecule has 1 aromatic heterocycles. The summed E-state index contributed by atoms with van der Waals surface area (Å²) in [7, 11) is 0. The molecule has 2 aromatic carbocycles. The van der Waals surface area contributed by atoms with Gasteiger partial charge in [0.1, 0.15) is 0 Å². The lowest BCUT2D eigenvalue weighted by molar-refractivity contribution is -0.131. The highest BCUT2D eigenvalue weighted by atomic mass is 16.2. The average Bonchev–Trinajstić information content (AvgIpc) is 3.06. The van der Waals surface area contributed by atoms with Crippen LogP contribution in [0.2, 0.25) is 0 Å². The van der Waals surface area contributed by atoms with Crippen LogP contribution in [0.15, 0.2) is 61.2 Å². The highest BCUT2D eigenvalue weighted by Gasteiger charge is 2.23. The third kappa shape index (κ3) is 3.49. The number of fused-ring (bicyclic) bond motifs is 3. The number of nitrogens with one attached hydrogen (secondary N) is 2. The Balaban J connectivity index is 1.47. The molecular weight excluding hydrogens is 338 g/mol. The van der Waals surface area contributed by atoms with Gasteiger partial charge in [-0.1, -0.05) is 36.9 Å². The number of aromatic nitrogens is 1. The monoisotopic (exact) mass is 359 g/mol. The van der Waals surface area contributed by atoms with Gasteiger partial charge in [0.2, 0.25) is 11.8 Å². The maximum Gasteiger partial charge on any atom is 0.247 e. The van der Waals surface area contributed by atoms with Crippen molar-refractivity contribution in [1.82, 2.24) is 9.88 Å². The Bertz CT molecular complexity index is 1030. The number of H-pyrrole nitrogens is 1. The Morgan fingerprint density at radius 2 is 2.04 bits per heavy atom. The highest BCUT2D eigenvalue weighted by Crippen LogP contribution is 2.27. The van der Waals surface area contributed by atoms with Gasteiger partial charge in [-0.2, -0.15) is 0 Å². The molecule has 3 aromatic rings. The topological polar surface area (TPSA) is 65.2 Å². The maximum absolute atomic E-state index is 12.8. The molecule has 136 valence electrons. The van der Waals surface area contributed by atoms with E-state index in [0.717, 1.165) is 29.7 Å². The van der Waals surface area contributed by atoms with E-state index in [4.69, 9.17) is 0 Å². The molecule has 0 radical (unpaired) electrons. The second-order valence-corrected chi connectivity index (χ2v) is 6.76. The number of rotatable bonds is 4. The van der Waals surface area contributed by atoms with E-state index in [1.807, 2.05) is 35.2 Å². The van der Waals surface area contributed by atoms with Crippen LogP contribution < -0.4 is 5.32 Å². The number of carbonyl (C=O) groups is 2. The van der Waals surface area contributed by atoms with Crippen molar-refractivity contribution >= 4 is 28.4 Å². The minimum absolute atomic E-state index is 0.0894. The first-order valence-electron chi connectivity index (χ1n) is 9.02. The number of nitrogens with zero attached hydrogens (tertiary/aromatic N) is 1. The molecular formula is C22H21N3O2. The van der Waals surface area contributed by atoms with Crippen LogP contribution in [0.3, 0.4) is 0 Å². The summed E-state index contributed by atoms with van der Waals surface area (Å²) in [6, 6.07) is 15.6. The number of para-hydroxylation sites is 1. The number of aromatic amines is 1. The largest absolute Gasteiger partial charge is 0.357 e. The minimum Gasteiger partial charge on any atom is -0.357 e. The van der Waals surface area contributed by atoms with Gasteiger partial charge in [0.15, 0.2) is 0 Å². The molecule has 0 aliphatic carbocycles. The molecule has 2 N–H and O–H groups in total. The van der Waals surface area contributed by atoms with Gasteiger partial charge in [0.25, 0.3) is 0 Å². The molecule has 4 rings (SSSR count). The molecule has 0 atom stereocenters. The Morgan fingerprint density at radius 3 is 2.89 bits per heavy atom. The van der Waals surface area contributed by atoms with Crippen molar-refractivity contribution in [2.75, 3.05) is 11.9 Å². The van der Waals surface area contributed by atoms with Gasteiger partial charge < -0.3 is 15.2 Å². The van der Waals surface area contributed by atoms with Gasteiger partial charge >= 0.3 is 0 Å². The molecule has 0 spiro atoms. The summed E-state index contributed by atoms with van der Waals surface area (Å²) in [4.78, 5) is 29.6. The zero-order valence-electron chi connectivity index (χ0n) is 15.0. The predicted molar refractivity (Wildman–Crippen MR) is 106 cm³/mol. The summed E-state index contributed by atoms with van der Waals surface area (Å²) in [5.41, 5.74) is 5.13. The van der Waals surface area contributed by atoms with Gasteiger partial charge in [-0.15, -0.1) is 0 Å². The molecule has 5 nitrogen and oxygen atoms in total. The Morgan fingerprint density at radius 1 is 1.19 bits per heavy atom. The smallest absolute Gasteiger partial charge is 0.247 e. The number of carbonyl (C=O) groups excluding carboxylic acids is 2. The number of amides is 2. The summed E-state index contributed by atoms with van der Waals surface area (Å²) >= 11 is 0. The number of hydrogen-bond donors (Lipinski definition) is 2. The van der Waals surface area contributed by atoms with Crippen LogP contribution in [0.1, 0.15) is 16.8 Å². The second kappa shape index (κ2) is 7.11. The van der Waals surface area contributed by atoms with Crippen molar-refractivity contribution in [3.63, 3.8) is 0 Å². The van der Waals surface area contributed by atoms with Crippen LogP contribution in [0, 0.1) is 0 Å². The van der Waals surface area contributed by atoms with Crippen LogP contribution in [-0.4, -0.2) is 28.2 Å². The molecule has 27 heavy (non-hydrogen) atoms. The molecule has 0 fully saturated rings. The molecule has 0 bridgehead atoms. The first-order valence-corrected chi connectivity index (χ1v) is 9.02. The minimum atomic E-state index is -0.263. The average molecular weight is 359 g/mol. The van der Waals surface area contributed by atoms with Crippen LogP contribution in [0.5, 0.6) is 0 Å². The molecule has 5 heteroatoms. The standard InChI is InChI=1S/C22H21N3O2/c1-2-21(26)23-16-7-5-6-15(12-16)13-22(27)25-11-10-18-17-8-3-4-9-19(17)24-20(18)14-25/h2-9,12,24H,1,10-11,13-14H2,(H,23,26). The van der Waals surface area contributed by atoms with Crippen molar-refractivity contribution in [1.29, 1.82) is 0 Å². The molecule has 1 aliphatic rings.